The number of carbonyl (C=O) groups is 2. The molecule has 0 saturated heterocycles. The second-order valence-corrected chi connectivity index (χ2v) is 9.02. The molecule has 7 heteroatoms. The van der Waals surface area contributed by atoms with Crippen LogP contribution in [0, 0.1) is 6.92 Å². The van der Waals surface area contributed by atoms with Gasteiger partial charge in [0.25, 0.3) is 5.91 Å². The van der Waals surface area contributed by atoms with Gasteiger partial charge in [0.15, 0.2) is 5.78 Å². The Bertz CT molecular complexity index is 1400. The van der Waals surface area contributed by atoms with E-state index in [2.05, 4.69) is 4.72 Å². The van der Waals surface area contributed by atoms with Crippen LogP contribution in [0.25, 0.3) is 16.4 Å². The van der Waals surface area contributed by atoms with E-state index in [9.17, 15) is 18.0 Å². The summed E-state index contributed by atoms with van der Waals surface area (Å²) in [5.74, 6) is -1.08. The number of ketones is 1. The SMILES string of the molecule is CC(=O)c1ccc2c(C(=O)NS(=O)(=O)Cc3ccc(C)cc3)c3ccccn3c2c1. The number of rotatable bonds is 5. The van der Waals surface area contributed by atoms with Crippen LogP contribution >= 0.6 is 0 Å². The van der Waals surface area contributed by atoms with Gasteiger partial charge >= 0.3 is 0 Å². The van der Waals surface area contributed by atoms with Crippen LogP contribution in [0.4, 0.5) is 0 Å². The molecule has 152 valence electrons. The fourth-order valence-corrected chi connectivity index (χ4v) is 4.61. The Morgan fingerprint density at radius 1 is 0.967 bits per heavy atom. The van der Waals surface area contributed by atoms with Crippen molar-refractivity contribution in [2.75, 3.05) is 0 Å². The Kier molecular flexibility index (Phi) is 4.91. The van der Waals surface area contributed by atoms with Crippen molar-refractivity contribution in [2.45, 2.75) is 19.6 Å². The molecule has 0 fully saturated rings. The number of Topliss-reactive ketones (excluding diaryl/α,β-unsaturated/α-hetero) is 1. The number of sulfonamides is 1. The molecule has 0 bridgehead atoms. The number of fused-ring (bicyclic) bond motifs is 3. The standard InChI is InChI=1S/C23H20N2O4S/c1-15-6-8-17(9-7-15)14-30(28,29)24-23(27)22-19-11-10-18(16(2)26)13-21(19)25-12-4-3-5-20(22)25/h3-13H,14H2,1-2H3,(H,24,27). The zero-order chi connectivity index (χ0) is 21.5. The van der Waals surface area contributed by atoms with Crippen LogP contribution < -0.4 is 4.72 Å². The lowest BCUT2D eigenvalue weighted by atomic mass is 10.1. The van der Waals surface area contributed by atoms with Crippen LogP contribution in [0.5, 0.6) is 0 Å². The number of carbonyl (C=O) groups excluding carboxylic acids is 2. The maximum atomic E-state index is 13.0. The molecule has 0 unspecified atom stereocenters. The van der Waals surface area contributed by atoms with Crippen LogP contribution in [0.15, 0.2) is 66.9 Å². The average molecular weight is 420 g/mol. The third-order valence-electron chi connectivity index (χ3n) is 5.00. The minimum absolute atomic E-state index is 0.0885. The van der Waals surface area contributed by atoms with Crippen molar-refractivity contribution >= 4 is 38.1 Å². The molecule has 4 aromatic rings. The molecule has 0 aliphatic rings. The summed E-state index contributed by atoms with van der Waals surface area (Å²) in [7, 11) is -3.89. The van der Waals surface area contributed by atoms with Gasteiger partial charge in [-0.25, -0.2) is 13.1 Å². The molecule has 4 rings (SSSR count). The minimum atomic E-state index is -3.89. The lowest BCUT2D eigenvalue weighted by molar-refractivity contribution is 0.0982. The van der Waals surface area contributed by atoms with Crippen LogP contribution in [0.1, 0.15) is 38.8 Å². The first-order valence-electron chi connectivity index (χ1n) is 9.39. The molecule has 6 nitrogen and oxygen atoms in total. The van der Waals surface area contributed by atoms with E-state index < -0.39 is 15.9 Å². The van der Waals surface area contributed by atoms with E-state index >= 15 is 0 Å². The quantitative estimate of drug-likeness (QED) is 0.497. The van der Waals surface area contributed by atoms with Crippen LogP contribution in [0.2, 0.25) is 0 Å². The second-order valence-electron chi connectivity index (χ2n) is 7.29. The average Bonchev–Trinajstić information content (AvgIpc) is 3.03. The van der Waals surface area contributed by atoms with E-state index in [-0.39, 0.29) is 17.1 Å². The zero-order valence-electron chi connectivity index (χ0n) is 16.5. The topological polar surface area (TPSA) is 84.7 Å². The largest absolute Gasteiger partial charge is 0.316 e. The third kappa shape index (κ3) is 3.71. The van der Waals surface area contributed by atoms with Gasteiger partial charge in [0, 0.05) is 17.1 Å². The highest BCUT2D eigenvalue weighted by Gasteiger charge is 2.23. The highest BCUT2D eigenvalue weighted by Crippen LogP contribution is 2.28. The van der Waals surface area contributed by atoms with E-state index in [1.807, 2.05) is 25.1 Å². The molecule has 2 heterocycles. The molecule has 0 aliphatic carbocycles. The number of nitrogens with one attached hydrogen (secondary N) is 1. The van der Waals surface area contributed by atoms with E-state index in [0.717, 1.165) is 5.56 Å². The molecule has 0 saturated carbocycles. The first kappa shape index (κ1) is 19.8. The summed E-state index contributed by atoms with van der Waals surface area (Å²) < 4.78 is 29.2. The molecule has 1 amide bonds. The van der Waals surface area contributed by atoms with Crippen LogP contribution in [-0.2, 0) is 15.8 Å². The Morgan fingerprint density at radius 3 is 2.40 bits per heavy atom. The number of hydrogen-bond acceptors (Lipinski definition) is 4. The molecule has 30 heavy (non-hydrogen) atoms. The maximum absolute atomic E-state index is 13.0. The zero-order valence-corrected chi connectivity index (χ0v) is 17.4. The third-order valence-corrected chi connectivity index (χ3v) is 6.21. The number of aromatic nitrogens is 1. The number of hydrogen-bond donors (Lipinski definition) is 1. The molecular formula is C23H20N2O4S. The summed E-state index contributed by atoms with van der Waals surface area (Å²) in [4.78, 5) is 24.8. The lowest BCUT2D eigenvalue weighted by Gasteiger charge is -2.07. The number of nitrogens with zero attached hydrogens (tertiary/aromatic N) is 1. The molecule has 0 atom stereocenters. The van der Waals surface area contributed by atoms with Gasteiger partial charge in [-0.15, -0.1) is 0 Å². The van der Waals surface area contributed by atoms with Gasteiger partial charge in [-0.05, 0) is 37.6 Å². The second kappa shape index (κ2) is 7.42. The Morgan fingerprint density at radius 2 is 1.70 bits per heavy atom. The fraction of sp³-hybridized carbons (Fsp3) is 0.130. The summed E-state index contributed by atoms with van der Waals surface area (Å²) in [6, 6.07) is 17.5. The van der Waals surface area contributed by atoms with Crippen molar-refractivity contribution in [3.63, 3.8) is 0 Å². The molecule has 1 N–H and O–H groups in total. The van der Waals surface area contributed by atoms with E-state index in [1.165, 1.54) is 6.92 Å². The molecule has 2 aromatic heterocycles. The molecule has 2 aromatic carbocycles. The summed E-state index contributed by atoms with van der Waals surface area (Å²) >= 11 is 0. The van der Waals surface area contributed by atoms with E-state index in [1.54, 1.807) is 53.1 Å². The van der Waals surface area contributed by atoms with Gasteiger partial charge in [-0.2, -0.15) is 0 Å². The highest BCUT2D eigenvalue weighted by atomic mass is 32.2. The van der Waals surface area contributed by atoms with E-state index in [0.29, 0.717) is 27.5 Å². The summed E-state index contributed by atoms with van der Waals surface area (Å²) in [5.41, 5.74) is 3.63. The number of amides is 1. The Balaban J connectivity index is 1.75. The lowest BCUT2D eigenvalue weighted by Crippen LogP contribution is -2.31. The summed E-state index contributed by atoms with van der Waals surface area (Å²) in [5, 5.41) is 0.578. The fourth-order valence-electron chi connectivity index (χ4n) is 3.53. The minimum Gasteiger partial charge on any atom is -0.316 e. The smallest absolute Gasteiger partial charge is 0.267 e. The van der Waals surface area contributed by atoms with Gasteiger partial charge in [-0.1, -0.05) is 48.0 Å². The maximum Gasteiger partial charge on any atom is 0.267 e. The van der Waals surface area contributed by atoms with E-state index in [4.69, 9.17) is 0 Å². The molecule has 0 aliphatic heterocycles. The number of aryl methyl sites for hydroxylation is 1. The molecular weight excluding hydrogens is 400 g/mol. The molecule has 0 radical (unpaired) electrons. The highest BCUT2D eigenvalue weighted by molar-refractivity contribution is 7.89. The first-order valence-corrected chi connectivity index (χ1v) is 11.0. The predicted molar refractivity (Wildman–Crippen MR) is 116 cm³/mol. The van der Waals surface area contributed by atoms with Crippen LogP contribution in [-0.4, -0.2) is 24.5 Å². The normalized spacial score (nSPS) is 11.7. The Labute approximate surface area is 174 Å². The van der Waals surface area contributed by atoms with Crippen molar-refractivity contribution < 1.29 is 18.0 Å². The van der Waals surface area contributed by atoms with Gasteiger partial charge in [0.1, 0.15) is 0 Å². The summed E-state index contributed by atoms with van der Waals surface area (Å²) in [6.45, 7) is 3.39. The predicted octanol–water partition coefficient (Wildman–Crippen LogP) is 3.86. The van der Waals surface area contributed by atoms with Gasteiger partial charge in [0.05, 0.1) is 22.3 Å². The van der Waals surface area contributed by atoms with Crippen molar-refractivity contribution in [2.24, 2.45) is 0 Å². The van der Waals surface area contributed by atoms with Crippen molar-refractivity contribution in [3.05, 3.63) is 89.1 Å². The van der Waals surface area contributed by atoms with Gasteiger partial charge in [-0.3, -0.25) is 9.59 Å². The van der Waals surface area contributed by atoms with Crippen molar-refractivity contribution in [1.29, 1.82) is 0 Å². The Hall–Kier alpha value is -3.45. The number of pyridine rings is 1. The number of benzene rings is 2. The van der Waals surface area contributed by atoms with Crippen molar-refractivity contribution in [3.8, 4) is 0 Å². The summed E-state index contributed by atoms with van der Waals surface area (Å²) in [6.07, 6.45) is 1.78. The first-order chi connectivity index (χ1) is 14.2. The van der Waals surface area contributed by atoms with Crippen molar-refractivity contribution in [1.82, 2.24) is 9.12 Å². The van der Waals surface area contributed by atoms with Gasteiger partial charge in [0.2, 0.25) is 10.0 Å². The monoisotopic (exact) mass is 420 g/mol. The van der Waals surface area contributed by atoms with Crippen LogP contribution in [0.3, 0.4) is 0 Å². The van der Waals surface area contributed by atoms with Gasteiger partial charge < -0.3 is 4.40 Å². The molecule has 0 spiro atoms.